The highest BCUT2D eigenvalue weighted by atomic mass is 15.2. The van der Waals surface area contributed by atoms with Crippen LogP contribution in [-0.2, 0) is 0 Å². The summed E-state index contributed by atoms with van der Waals surface area (Å²) in [4.78, 5) is 3.58. The number of para-hydroxylation sites is 3. The molecule has 2 aliphatic carbocycles. The lowest BCUT2D eigenvalue weighted by Crippen LogP contribution is -2.28. The van der Waals surface area contributed by atoms with E-state index in [0.717, 1.165) is 11.3 Å². The van der Waals surface area contributed by atoms with Crippen molar-refractivity contribution < 1.29 is 13.7 Å². The van der Waals surface area contributed by atoms with Gasteiger partial charge < -0.3 is 9.80 Å². The molecule has 1 aliphatic heterocycles. The Morgan fingerprint density at radius 1 is 0.500 bits per heavy atom. The Hall–Kier alpha value is -5.86. The Labute approximate surface area is 282 Å². The second kappa shape index (κ2) is 9.82. The van der Waals surface area contributed by atoms with Gasteiger partial charge in [-0.1, -0.05) is 91.0 Å². The molecule has 0 amide bonds. The lowest BCUT2D eigenvalue weighted by Gasteiger charge is -2.30. The van der Waals surface area contributed by atoms with Gasteiger partial charge in [-0.3, -0.25) is 0 Å². The zero-order valence-corrected chi connectivity index (χ0v) is 24.4. The molecule has 1 heterocycles. The van der Waals surface area contributed by atoms with Crippen molar-refractivity contribution in [2.45, 2.75) is 12.0 Å². The molecule has 0 saturated carbocycles. The summed E-state index contributed by atoms with van der Waals surface area (Å²) in [6.45, 7) is 0. The van der Waals surface area contributed by atoms with Gasteiger partial charge in [-0.05, 0) is 128 Å². The Morgan fingerprint density at radius 3 is 1.76 bits per heavy atom. The highest BCUT2D eigenvalue weighted by Crippen LogP contribution is 2.52. The molecule has 0 fully saturated rings. The van der Waals surface area contributed by atoms with Crippen molar-refractivity contribution in [3.05, 3.63) is 175 Å². The van der Waals surface area contributed by atoms with Gasteiger partial charge in [0.2, 0.25) is 0 Å². The first-order valence-electron chi connectivity index (χ1n) is 20.3. The number of fused-ring (bicyclic) bond motifs is 9. The minimum Gasteiger partial charge on any atom is -0.333 e. The molecule has 7 aromatic rings. The van der Waals surface area contributed by atoms with Crippen LogP contribution in [0.3, 0.4) is 0 Å². The summed E-state index contributed by atoms with van der Waals surface area (Å²) < 4.78 is 94.1. The quantitative estimate of drug-likeness (QED) is 0.199. The molecular formula is C44H30N2. The largest absolute Gasteiger partial charge is 0.333 e. The highest BCUT2D eigenvalue weighted by Gasteiger charge is 2.37. The molecule has 2 atom stereocenters. The van der Waals surface area contributed by atoms with Gasteiger partial charge in [-0.15, -0.1) is 0 Å². The Bertz CT molecular complexity index is 2910. The van der Waals surface area contributed by atoms with E-state index < -0.39 is 0 Å². The van der Waals surface area contributed by atoms with Gasteiger partial charge in [0.05, 0.1) is 19.7 Å². The molecule has 0 bridgehead atoms. The van der Waals surface area contributed by atoms with Crippen LogP contribution in [0, 0.1) is 0 Å². The topological polar surface area (TPSA) is 6.48 Å². The maximum atomic E-state index is 9.60. The fraction of sp³-hybridized carbons (Fsp3) is 0.0455. The number of rotatable bonds is 4. The number of allylic oxidation sites excluding steroid dienone is 2. The predicted octanol–water partition coefficient (Wildman–Crippen LogP) is 11.8. The second-order valence-electron chi connectivity index (χ2n) is 11.7. The number of nitrogens with zero attached hydrogens (tertiary/aromatic N) is 2. The Balaban J connectivity index is 1.24. The van der Waals surface area contributed by atoms with Gasteiger partial charge in [-0.2, -0.15) is 0 Å². The summed E-state index contributed by atoms with van der Waals surface area (Å²) in [5.74, 6) is -0.0461. The third kappa shape index (κ3) is 3.77. The third-order valence-electron chi connectivity index (χ3n) is 9.05. The molecule has 7 aromatic carbocycles. The van der Waals surface area contributed by atoms with Crippen molar-refractivity contribution in [3.63, 3.8) is 0 Å². The van der Waals surface area contributed by atoms with Crippen LogP contribution >= 0.6 is 0 Å². The summed E-state index contributed by atoms with van der Waals surface area (Å²) in [7, 11) is 0. The van der Waals surface area contributed by atoms with Crippen LogP contribution < -0.4 is 9.80 Å². The summed E-state index contributed by atoms with van der Waals surface area (Å²) in [5, 5.41) is -0.153. The lowest BCUT2D eigenvalue weighted by atomic mass is 9.78. The molecule has 0 N–H and O–H groups in total. The first-order valence-corrected chi connectivity index (χ1v) is 15.3. The molecule has 10 rings (SSSR count). The molecule has 0 aromatic heterocycles. The van der Waals surface area contributed by atoms with E-state index >= 15 is 0 Å². The van der Waals surface area contributed by atoms with E-state index in [1.165, 1.54) is 0 Å². The zero-order valence-electron chi connectivity index (χ0n) is 34.4. The van der Waals surface area contributed by atoms with E-state index in [2.05, 4.69) is 6.08 Å². The fourth-order valence-electron chi connectivity index (χ4n) is 6.95. The first kappa shape index (κ1) is 17.6. The normalized spacial score (nSPS) is 20.0. The van der Waals surface area contributed by atoms with Crippen LogP contribution in [0.5, 0.6) is 0 Å². The standard InChI is InChI=1S/C44H30N2/c1-3-11-33(12-4-1)45(34-13-5-2-6-14-34)35-21-19-29-25-39-40-26-30-20-22-36(24-32(30)28-42(40)41(39)27-31(29)23-35)46-43-17-9-7-15-37(43)38-16-8-10-18-44(38)46/h1-28,37,43H/i19D,20D,21D,22D,23D,24D,25D,26D,27D,28D. The SMILES string of the molecule is [2H]c1c(N(c2ccccc2)c2ccccc2)c([2H])c2c([2H])c3c(c([2H])c2c1[2H])-c1c-3c([2H])c2c([2H])c(N3c4ccccc4C4C=CC=CC43)c([2H])c([2H])c2c1[2H]. The summed E-state index contributed by atoms with van der Waals surface area (Å²) in [5.41, 5.74) is 3.91. The van der Waals surface area contributed by atoms with Gasteiger partial charge >= 0.3 is 0 Å². The summed E-state index contributed by atoms with van der Waals surface area (Å²) in [6.07, 6.45) is 7.97. The smallest absolute Gasteiger partial charge is 0.0651 e. The molecule has 2 heteroatoms. The van der Waals surface area contributed by atoms with Crippen molar-refractivity contribution in [3.8, 4) is 22.3 Å². The molecule has 216 valence electrons. The van der Waals surface area contributed by atoms with Crippen LogP contribution in [0.15, 0.2) is 170 Å². The van der Waals surface area contributed by atoms with Crippen molar-refractivity contribution in [2.75, 3.05) is 9.80 Å². The molecule has 0 spiro atoms. The van der Waals surface area contributed by atoms with Crippen LogP contribution in [0.1, 0.15) is 25.2 Å². The number of anilines is 5. The van der Waals surface area contributed by atoms with Gasteiger partial charge in [0.1, 0.15) is 0 Å². The highest BCUT2D eigenvalue weighted by molar-refractivity contribution is 6.12. The van der Waals surface area contributed by atoms with E-state index in [9.17, 15) is 13.7 Å². The third-order valence-corrected chi connectivity index (χ3v) is 9.05. The summed E-state index contributed by atoms with van der Waals surface area (Å²) >= 11 is 0. The predicted molar refractivity (Wildman–Crippen MR) is 194 cm³/mol. The molecule has 3 aliphatic rings. The molecule has 0 saturated heterocycles. The number of hydrogen-bond donors (Lipinski definition) is 0. The van der Waals surface area contributed by atoms with Crippen molar-refractivity contribution in [1.29, 1.82) is 0 Å². The van der Waals surface area contributed by atoms with Crippen LogP contribution in [-0.4, -0.2) is 6.04 Å². The number of benzene rings is 7. The summed E-state index contributed by atoms with van der Waals surface area (Å²) in [6, 6.07) is 23.3. The first-order chi connectivity index (χ1) is 27.0. The fourth-order valence-corrected chi connectivity index (χ4v) is 6.95. The molecular weight excluding hydrogens is 556 g/mol. The van der Waals surface area contributed by atoms with E-state index in [-0.39, 0.29) is 128 Å². The average molecular weight is 597 g/mol. The Morgan fingerprint density at radius 2 is 1.07 bits per heavy atom. The van der Waals surface area contributed by atoms with E-state index in [1.54, 1.807) is 4.90 Å². The molecule has 46 heavy (non-hydrogen) atoms. The van der Waals surface area contributed by atoms with Crippen LogP contribution in [0.25, 0.3) is 43.8 Å². The van der Waals surface area contributed by atoms with E-state index in [1.807, 2.05) is 108 Å². The zero-order chi connectivity index (χ0) is 38.9. The van der Waals surface area contributed by atoms with Crippen molar-refractivity contribution in [1.82, 2.24) is 0 Å². The lowest BCUT2D eigenvalue weighted by molar-refractivity contribution is 0.745. The van der Waals surface area contributed by atoms with Gasteiger partial charge in [0.25, 0.3) is 0 Å². The Kier molecular flexibility index (Phi) is 3.75. The molecule has 2 unspecified atom stereocenters. The van der Waals surface area contributed by atoms with Gasteiger partial charge in [0, 0.05) is 34.4 Å². The average Bonchev–Trinajstić information content (AvgIpc) is 3.52. The van der Waals surface area contributed by atoms with Gasteiger partial charge in [0.15, 0.2) is 0 Å². The minimum absolute atomic E-state index is 0.00601. The van der Waals surface area contributed by atoms with Crippen molar-refractivity contribution in [2.24, 2.45) is 0 Å². The maximum Gasteiger partial charge on any atom is 0.0651 e. The number of hydrogen-bond acceptors (Lipinski definition) is 2. The van der Waals surface area contributed by atoms with E-state index in [0.29, 0.717) is 11.4 Å². The monoisotopic (exact) mass is 596 g/mol. The van der Waals surface area contributed by atoms with E-state index in [4.69, 9.17) is 0 Å². The minimum atomic E-state index is -0.348. The second-order valence-corrected chi connectivity index (χ2v) is 11.7. The maximum absolute atomic E-state index is 9.60. The molecule has 0 radical (unpaired) electrons. The van der Waals surface area contributed by atoms with Crippen molar-refractivity contribution >= 4 is 50.0 Å². The van der Waals surface area contributed by atoms with Gasteiger partial charge in [-0.25, -0.2) is 0 Å². The van der Waals surface area contributed by atoms with Crippen LogP contribution in [0.2, 0.25) is 0 Å². The van der Waals surface area contributed by atoms with Crippen LogP contribution in [0.4, 0.5) is 28.4 Å². The molecule has 2 nitrogen and oxygen atoms in total.